The first-order valence-corrected chi connectivity index (χ1v) is 6.56. The molecule has 1 heterocycles. The molecule has 0 saturated carbocycles. The van der Waals surface area contributed by atoms with E-state index in [2.05, 4.69) is 31.9 Å². The van der Waals surface area contributed by atoms with Gasteiger partial charge in [-0.25, -0.2) is 4.39 Å². The van der Waals surface area contributed by atoms with E-state index >= 15 is 0 Å². The van der Waals surface area contributed by atoms with E-state index in [0.29, 0.717) is 11.8 Å². The van der Waals surface area contributed by atoms with Gasteiger partial charge in [-0.15, -0.1) is 0 Å². The van der Waals surface area contributed by atoms with Crippen LogP contribution >= 0.6 is 0 Å². The molecule has 17 heavy (non-hydrogen) atoms. The van der Waals surface area contributed by atoms with Crippen molar-refractivity contribution in [1.29, 1.82) is 0 Å². The van der Waals surface area contributed by atoms with Crippen molar-refractivity contribution >= 4 is 0 Å². The van der Waals surface area contributed by atoms with E-state index in [1.165, 1.54) is 6.42 Å². The number of hydrogen-bond donors (Lipinski definition) is 0. The Morgan fingerprint density at radius 3 is 2.71 bits per heavy atom. The topological polar surface area (TPSA) is 3.24 Å². The summed E-state index contributed by atoms with van der Waals surface area (Å²) in [6.45, 7) is 6.33. The Bertz CT molecular complexity index is 387. The summed E-state index contributed by atoms with van der Waals surface area (Å²) >= 11 is 0. The number of nitrogens with zero attached hydrogens (tertiary/aromatic N) is 1. The summed E-state index contributed by atoms with van der Waals surface area (Å²) in [6.07, 6.45) is 2.29. The van der Waals surface area contributed by atoms with Crippen LogP contribution in [0, 0.1) is 5.82 Å². The Morgan fingerprint density at radius 1 is 1.35 bits per heavy atom. The minimum Gasteiger partial charge on any atom is -0.306 e. The van der Waals surface area contributed by atoms with Crippen molar-refractivity contribution in [3.63, 3.8) is 0 Å². The molecular formula is C15H22FN. The minimum atomic E-state index is -0.0171. The molecule has 1 fully saturated rings. The molecule has 0 amide bonds. The molecule has 2 heteroatoms. The quantitative estimate of drug-likeness (QED) is 0.754. The zero-order valence-electron chi connectivity index (χ0n) is 11.0. The van der Waals surface area contributed by atoms with Crippen molar-refractivity contribution in [3.8, 4) is 0 Å². The first-order chi connectivity index (χ1) is 8.08. The lowest BCUT2D eigenvalue weighted by Crippen LogP contribution is -2.31. The second-order valence-electron chi connectivity index (χ2n) is 5.54. The largest absolute Gasteiger partial charge is 0.306 e. The van der Waals surface area contributed by atoms with E-state index in [1.54, 1.807) is 6.07 Å². The number of benzene rings is 1. The second-order valence-corrected chi connectivity index (χ2v) is 5.54. The van der Waals surface area contributed by atoms with E-state index in [4.69, 9.17) is 0 Å². The molecule has 1 aromatic rings. The van der Waals surface area contributed by atoms with Gasteiger partial charge in [0.25, 0.3) is 0 Å². The maximum atomic E-state index is 14.1. The van der Waals surface area contributed by atoms with Crippen LogP contribution in [0.4, 0.5) is 4.39 Å². The maximum absolute atomic E-state index is 14.1. The third-order valence-corrected chi connectivity index (χ3v) is 3.76. The average molecular weight is 235 g/mol. The molecule has 0 aromatic heterocycles. The highest BCUT2D eigenvalue weighted by atomic mass is 19.1. The molecule has 1 unspecified atom stereocenters. The third-order valence-electron chi connectivity index (χ3n) is 3.76. The van der Waals surface area contributed by atoms with Crippen molar-refractivity contribution < 1.29 is 4.39 Å². The molecule has 1 aromatic carbocycles. The van der Waals surface area contributed by atoms with Crippen molar-refractivity contribution in [3.05, 3.63) is 35.1 Å². The monoisotopic (exact) mass is 235 g/mol. The molecule has 94 valence electrons. The summed E-state index contributed by atoms with van der Waals surface area (Å²) in [4.78, 5) is 2.30. The first-order valence-electron chi connectivity index (χ1n) is 6.56. The highest BCUT2D eigenvalue weighted by molar-refractivity contribution is 5.29. The van der Waals surface area contributed by atoms with Crippen molar-refractivity contribution in [1.82, 2.24) is 4.90 Å². The fourth-order valence-corrected chi connectivity index (χ4v) is 2.65. The lowest BCUT2D eigenvalue weighted by molar-refractivity contribution is 0.248. The smallest absolute Gasteiger partial charge is 0.127 e. The van der Waals surface area contributed by atoms with Crippen LogP contribution in [0.5, 0.6) is 0 Å². The van der Waals surface area contributed by atoms with E-state index in [9.17, 15) is 4.39 Å². The van der Waals surface area contributed by atoms with Gasteiger partial charge < -0.3 is 4.90 Å². The standard InChI is InChI=1S/C15H22FN/c1-11(2)12-6-7-14(15(16)9-12)13-5-4-8-17(3)10-13/h6-7,9,11,13H,4-5,8,10H2,1-3H3. The van der Waals surface area contributed by atoms with Gasteiger partial charge in [-0.3, -0.25) is 0 Å². The summed E-state index contributed by atoms with van der Waals surface area (Å²) in [5.41, 5.74) is 2.00. The van der Waals surface area contributed by atoms with Gasteiger partial charge in [-0.05, 0) is 55.5 Å². The molecule has 1 aliphatic rings. The molecule has 1 aliphatic heterocycles. The normalized spacial score (nSPS) is 22.1. The number of likely N-dealkylation sites (N-methyl/N-ethyl adjacent to an activating group) is 1. The molecule has 1 atom stereocenters. The molecule has 0 N–H and O–H groups in total. The lowest BCUT2D eigenvalue weighted by Gasteiger charge is -2.30. The number of likely N-dealkylation sites (tertiary alicyclic amines) is 1. The molecular weight excluding hydrogens is 213 g/mol. The van der Waals surface area contributed by atoms with Gasteiger partial charge in [0.2, 0.25) is 0 Å². The Morgan fingerprint density at radius 2 is 2.12 bits per heavy atom. The van der Waals surface area contributed by atoms with Crippen molar-refractivity contribution in [2.45, 2.75) is 38.5 Å². The summed E-state index contributed by atoms with van der Waals surface area (Å²) in [6, 6.07) is 5.79. The Hall–Kier alpha value is -0.890. The molecule has 2 rings (SSSR count). The van der Waals surface area contributed by atoms with Gasteiger partial charge in [-0.1, -0.05) is 26.0 Å². The van der Waals surface area contributed by atoms with Crippen LogP contribution in [0.2, 0.25) is 0 Å². The maximum Gasteiger partial charge on any atom is 0.127 e. The van der Waals surface area contributed by atoms with Crippen molar-refractivity contribution in [2.75, 3.05) is 20.1 Å². The first kappa shape index (κ1) is 12.6. The fourth-order valence-electron chi connectivity index (χ4n) is 2.65. The highest BCUT2D eigenvalue weighted by Crippen LogP contribution is 2.29. The molecule has 0 aliphatic carbocycles. The molecule has 1 saturated heterocycles. The molecule has 0 radical (unpaired) electrons. The molecule has 0 spiro atoms. The van der Waals surface area contributed by atoms with Gasteiger partial charge >= 0.3 is 0 Å². The van der Waals surface area contributed by atoms with Gasteiger partial charge in [0.05, 0.1) is 0 Å². The van der Waals surface area contributed by atoms with Gasteiger partial charge in [0, 0.05) is 6.54 Å². The van der Waals surface area contributed by atoms with E-state index < -0.39 is 0 Å². The predicted octanol–water partition coefficient (Wildman–Crippen LogP) is 3.76. The van der Waals surface area contributed by atoms with E-state index in [0.717, 1.165) is 30.6 Å². The van der Waals surface area contributed by atoms with E-state index in [1.807, 2.05) is 6.07 Å². The van der Waals surface area contributed by atoms with Gasteiger partial charge in [0.1, 0.15) is 5.82 Å². The third kappa shape index (κ3) is 2.86. The fraction of sp³-hybridized carbons (Fsp3) is 0.600. The Balaban J connectivity index is 2.21. The van der Waals surface area contributed by atoms with Gasteiger partial charge in [-0.2, -0.15) is 0 Å². The Labute approximate surface area is 104 Å². The number of halogens is 1. The predicted molar refractivity (Wildman–Crippen MR) is 70.0 cm³/mol. The number of rotatable bonds is 2. The second kappa shape index (κ2) is 5.18. The minimum absolute atomic E-state index is 0.0171. The van der Waals surface area contributed by atoms with Crippen LogP contribution in [-0.4, -0.2) is 25.0 Å². The molecule has 0 bridgehead atoms. The van der Waals surface area contributed by atoms with Crippen LogP contribution in [0.1, 0.15) is 49.7 Å². The number of hydrogen-bond acceptors (Lipinski definition) is 1. The van der Waals surface area contributed by atoms with Gasteiger partial charge in [0.15, 0.2) is 0 Å². The van der Waals surface area contributed by atoms with Crippen LogP contribution < -0.4 is 0 Å². The average Bonchev–Trinajstić information content (AvgIpc) is 2.28. The van der Waals surface area contributed by atoms with Crippen LogP contribution in [-0.2, 0) is 0 Å². The van der Waals surface area contributed by atoms with Crippen molar-refractivity contribution in [2.24, 2.45) is 0 Å². The zero-order chi connectivity index (χ0) is 12.4. The summed E-state index contributed by atoms with van der Waals surface area (Å²) in [7, 11) is 2.12. The van der Waals surface area contributed by atoms with Crippen LogP contribution in [0.3, 0.4) is 0 Å². The summed E-state index contributed by atoms with van der Waals surface area (Å²) < 4.78 is 14.1. The summed E-state index contributed by atoms with van der Waals surface area (Å²) in [5.74, 6) is 0.749. The van der Waals surface area contributed by atoms with E-state index in [-0.39, 0.29) is 5.82 Å². The highest BCUT2D eigenvalue weighted by Gasteiger charge is 2.21. The van der Waals surface area contributed by atoms with Crippen LogP contribution in [0.15, 0.2) is 18.2 Å². The molecule has 1 nitrogen and oxygen atoms in total. The Kier molecular flexibility index (Phi) is 3.82. The van der Waals surface area contributed by atoms with Crippen LogP contribution in [0.25, 0.3) is 0 Å². The SMILES string of the molecule is CC(C)c1ccc(C2CCCN(C)C2)c(F)c1. The lowest BCUT2D eigenvalue weighted by atomic mass is 9.89. The number of piperidine rings is 1. The zero-order valence-corrected chi connectivity index (χ0v) is 11.0. The summed E-state index contributed by atoms with van der Waals surface area (Å²) in [5, 5.41) is 0.